The van der Waals surface area contributed by atoms with Crippen LogP contribution in [-0.2, 0) is 0 Å². The summed E-state index contributed by atoms with van der Waals surface area (Å²) in [5.74, 6) is 0.401. The highest BCUT2D eigenvalue weighted by molar-refractivity contribution is 6.03. The molecular formula is C17H15N3O2. The minimum atomic E-state index is -0.279. The van der Waals surface area contributed by atoms with Gasteiger partial charge in [0.1, 0.15) is 5.82 Å². The molecule has 2 N–H and O–H groups in total. The van der Waals surface area contributed by atoms with Crippen LogP contribution in [0.15, 0.2) is 48.5 Å². The van der Waals surface area contributed by atoms with Crippen molar-refractivity contribution in [2.24, 2.45) is 0 Å². The van der Waals surface area contributed by atoms with Gasteiger partial charge in [-0.3, -0.25) is 9.59 Å². The summed E-state index contributed by atoms with van der Waals surface area (Å²) in [4.78, 5) is 31.5. The van der Waals surface area contributed by atoms with Crippen LogP contribution in [-0.4, -0.2) is 28.2 Å². The second kappa shape index (κ2) is 5.81. The van der Waals surface area contributed by atoms with Gasteiger partial charge < -0.3 is 10.3 Å². The number of nitrogens with one attached hydrogen (secondary N) is 2. The van der Waals surface area contributed by atoms with Gasteiger partial charge in [-0.15, -0.1) is 0 Å². The summed E-state index contributed by atoms with van der Waals surface area (Å²) in [5.41, 5.74) is 2.70. The Morgan fingerprint density at radius 1 is 1.09 bits per heavy atom. The lowest BCUT2D eigenvalue weighted by Crippen LogP contribution is -2.29. The first kappa shape index (κ1) is 14.0. The van der Waals surface area contributed by atoms with Gasteiger partial charge in [0, 0.05) is 11.1 Å². The molecule has 0 aliphatic heterocycles. The molecule has 0 aliphatic rings. The highest BCUT2D eigenvalue weighted by Gasteiger charge is 2.11. The number of H-pyrrole nitrogens is 1. The molecule has 0 radical (unpaired) electrons. The number of rotatable bonds is 4. The van der Waals surface area contributed by atoms with Gasteiger partial charge in [0.15, 0.2) is 5.78 Å². The van der Waals surface area contributed by atoms with Gasteiger partial charge in [-0.1, -0.05) is 30.3 Å². The van der Waals surface area contributed by atoms with Crippen LogP contribution < -0.4 is 5.32 Å². The van der Waals surface area contributed by atoms with E-state index in [0.29, 0.717) is 11.1 Å². The first-order valence-electron chi connectivity index (χ1n) is 6.96. The fraction of sp³-hybridized carbons (Fsp3) is 0.118. The lowest BCUT2D eigenvalue weighted by Gasteiger charge is -2.05. The number of carbonyl (C=O) groups is 2. The Morgan fingerprint density at radius 3 is 2.64 bits per heavy atom. The van der Waals surface area contributed by atoms with Crippen LogP contribution in [0.25, 0.3) is 11.0 Å². The van der Waals surface area contributed by atoms with Gasteiger partial charge in [-0.05, 0) is 25.1 Å². The van der Waals surface area contributed by atoms with Gasteiger partial charge in [0.05, 0.1) is 17.6 Å². The van der Waals surface area contributed by atoms with Gasteiger partial charge in [-0.25, -0.2) is 4.98 Å². The van der Waals surface area contributed by atoms with Crippen LogP contribution >= 0.6 is 0 Å². The van der Waals surface area contributed by atoms with E-state index in [1.807, 2.05) is 13.0 Å². The molecule has 0 spiro atoms. The van der Waals surface area contributed by atoms with Crippen LogP contribution in [0.1, 0.15) is 26.5 Å². The van der Waals surface area contributed by atoms with Gasteiger partial charge in [0.2, 0.25) is 0 Å². The molecule has 110 valence electrons. The Bertz CT molecular complexity index is 837. The number of imidazole rings is 1. The van der Waals surface area contributed by atoms with Crippen molar-refractivity contribution in [1.82, 2.24) is 15.3 Å². The standard InChI is InChI=1S/C17H15N3O2/c1-11-19-14-8-7-13(9-15(14)20-11)17(22)18-10-16(21)12-5-3-2-4-6-12/h2-9H,10H2,1H3,(H,18,22)(H,19,20). The zero-order chi connectivity index (χ0) is 15.5. The average Bonchev–Trinajstić information content (AvgIpc) is 2.92. The van der Waals surface area contributed by atoms with Crippen LogP contribution in [0, 0.1) is 6.92 Å². The molecule has 0 saturated heterocycles. The molecular weight excluding hydrogens is 278 g/mol. The third kappa shape index (κ3) is 2.88. The van der Waals surface area contributed by atoms with E-state index in [0.717, 1.165) is 16.9 Å². The van der Waals surface area contributed by atoms with Crippen molar-refractivity contribution in [1.29, 1.82) is 0 Å². The minimum Gasteiger partial charge on any atom is -0.345 e. The molecule has 0 atom stereocenters. The first-order valence-corrected chi connectivity index (χ1v) is 6.96. The second-order valence-electron chi connectivity index (χ2n) is 5.03. The number of benzene rings is 2. The van der Waals surface area contributed by atoms with Crippen LogP contribution in [0.4, 0.5) is 0 Å². The number of amides is 1. The maximum Gasteiger partial charge on any atom is 0.251 e. The second-order valence-corrected chi connectivity index (χ2v) is 5.03. The number of nitrogens with zero attached hydrogens (tertiary/aromatic N) is 1. The molecule has 1 heterocycles. The van der Waals surface area contributed by atoms with Crippen molar-refractivity contribution >= 4 is 22.7 Å². The van der Waals surface area contributed by atoms with Crippen LogP contribution in [0.2, 0.25) is 0 Å². The van der Waals surface area contributed by atoms with Crippen molar-refractivity contribution in [3.8, 4) is 0 Å². The van der Waals surface area contributed by atoms with E-state index >= 15 is 0 Å². The molecule has 1 aromatic heterocycles. The topological polar surface area (TPSA) is 74.8 Å². The van der Waals surface area contributed by atoms with E-state index in [9.17, 15) is 9.59 Å². The molecule has 2 aromatic carbocycles. The molecule has 22 heavy (non-hydrogen) atoms. The molecule has 5 heteroatoms. The first-order chi connectivity index (χ1) is 10.6. The van der Waals surface area contributed by atoms with Crippen LogP contribution in [0.5, 0.6) is 0 Å². The van der Waals surface area contributed by atoms with E-state index in [-0.39, 0.29) is 18.2 Å². The normalized spacial score (nSPS) is 10.6. The van der Waals surface area contributed by atoms with Crippen molar-refractivity contribution in [2.75, 3.05) is 6.54 Å². The Labute approximate surface area is 127 Å². The van der Waals surface area contributed by atoms with E-state index in [1.165, 1.54) is 0 Å². The van der Waals surface area contributed by atoms with E-state index in [2.05, 4.69) is 15.3 Å². The summed E-state index contributed by atoms with van der Waals surface area (Å²) in [6.07, 6.45) is 0. The number of Topliss-reactive ketones (excluding diaryl/α,β-unsaturated/α-hetero) is 1. The summed E-state index contributed by atoms with van der Waals surface area (Å²) >= 11 is 0. The molecule has 0 aliphatic carbocycles. The number of aryl methyl sites for hydroxylation is 1. The van der Waals surface area contributed by atoms with Crippen LogP contribution in [0.3, 0.4) is 0 Å². The lowest BCUT2D eigenvalue weighted by atomic mass is 10.1. The summed E-state index contributed by atoms with van der Waals surface area (Å²) in [6, 6.07) is 14.1. The largest absolute Gasteiger partial charge is 0.345 e. The van der Waals surface area contributed by atoms with E-state index in [1.54, 1.807) is 42.5 Å². The highest BCUT2D eigenvalue weighted by Crippen LogP contribution is 2.13. The molecule has 0 saturated carbocycles. The summed E-state index contributed by atoms with van der Waals surface area (Å²) in [5, 5.41) is 2.65. The Balaban J connectivity index is 1.69. The lowest BCUT2D eigenvalue weighted by molar-refractivity contribution is 0.0904. The minimum absolute atomic E-state index is 0.0249. The number of aromatic nitrogens is 2. The molecule has 1 amide bonds. The van der Waals surface area contributed by atoms with Crippen molar-refractivity contribution < 1.29 is 9.59 Å². The fourth-order valence-corrected chi connectivity index (χ4v) is 2.27. The molecule has 0 fully saturated rings. The van der Waals surface area contributed by atoms with E-state index in [4.69, 9.17) is 0 Å². The van der Waals surface area contributed by atoms with Gasteiger partial charge >= 0.3 is 0 Å². The number of fused-ring (bicyclic) bond motifs is 1. The Morgan fingerprint density at radius 2 is 1.86 bits per heavy atom. The number of carbonyl (C=O) groups excluding carboxylic acids is 2. The summed E-state index contributed by atoms with van der Waals surface area (Å²) in [6.45, 7) is 1.83. The fourth-order valence-electron chi connectivity index (χ4n) is 2.27. The SMILES string of the molecule is Cc1nc2ccc(C(=O)NCC(=O)c3ccccc3)cc2[nH]1. The third-order valence-corrected chi connectivity index (χ3v) is 3.37. The zero-order valence-corrected chi connectivity index (χ0v) is 12.1. The average molecular weight is 293 g/mol. The summed E-state index contributed by atoms with van der Waals surface area (Å²) in [7, 11) is 0. The highest BCUT2D eigenvalue weighted by atomic mass is 16.2. The Hall–Kier alpha value is -2.95. The number of hydrogen-bond acceptors (Lipinski definition) is 3. The number of hydrogen-bond donors (Lipinski definition) is 2. The van der Waals surface area contributed by atoms with Crippen molar-refractivity contribution in [3.63, 3.8) is 0 Å². The van der Waals surface area contributed by atoms with E-state index < -0.39 is 0 Å². The summed E-state index contributed by atoms with van der Waals surface area (Å²) < 4.78 is 0. The third-order valence-electron chi connectivity index (χ3n) is 3.37. The van der Waals surface area contributed by atoms with Crippen molar-refractivity contribution in [3.05, 3.63) is 65.5 Å². The number of aromatic amines is 1. The molecule has 3 aromatic rings. The van der Waals surface area contributed by atoms with Crippen molar-refractivity contribution in [2.45, 2.75) is 6.92 Å². The smallest absolute Gasteiger partial charge is 0.251 e. The van der Waals surface area contributed by atoms with Gasteiger partial charge in [-0.2, -0.15) is 0 Å². The number of ketones is 1. The predicted octanol–water partition coefficient (Wildman–Crippen LogP) is 2.48. The molecule has 5 nitrogen and oxygen atoms in total. The zero-order valence-electron chi connectivity index (χ0n) is 12.1. The predicted molar refractivity (Wildman–Crippen MR) is 83.9 cm³/mol. The maximum absolute atomic E-state index is 12.1. The quantitative estimate of drug-likeness (QED) is 0.726. The van der Waals surface area contributed by atoms with Gasteiger partial charge in [0.25, 0.3) is 5.91 Å². The molecule has 0 unspecified atom stereocenters. The Kier molecular flexibility index (Phi) is 3.70. The monoisotopic (exact) mass is 293 g/mol. The molecule has 0 bridgehead atoms. The maximum atomic E-state index is 12.1. The molecule has 3 rings (SSSR count).